The van der Waals surface area contributed by atoms with Crippen LogP contribution in [0.5, 0.6) is 0 Å². The molecule has 0 unspecified atom stereocenters. The van der Waals surface area contributed by atoms with Gasteiger partial charge in [0.15, 0.2) is 4.32 Å². The Kier molecular flexibility index (Phi) is 5.95. The Balaban J connectivity index is 1.30. The summed E-state index contributed by atoms with van der Waals surface area (Å²) in [4.78, 5) is 13.2. The van der Waals surface area contributed by atoms with E-state index < -0.39 is 5.91 Å². The first-order valence-electron chi connectivity index (χ1n) is 10.00. The molecule has 0 spiro atoms. The first-order valence-corrected chi connectivity index (χ1v) is 11.2. The number of thiocarbonyl (C=S) groups is 1. The van der Waals surface area contributed by atoms with E-state index in [2.05, 4.69) is 5.10 Å². The first-order chi connectivity index (χ1) is 16.5. The van der Waals surface area contributed by atoms with Crippen LogP contribution in [0.3, 0.4) is 0 Å². The number of nitrogens with zero attached hydrogens (tertiary/aromatic N) is 2. The minimum absolute atomic E-state index is 0.267. The lowest BCUT2D eigenvalue weighted by molar-refractivity contribution is -0.122. The maximum atomic E-state index is 13.1. The Labute approximate surface area is 202 Å². The van der Waals surface area contributed by atoms with E-state index in [-0.39, 0.29) is 16.0 Å². The van der Waals surface area contributed by atoms with Gasteiger partial charge in [0, 0.05) is 17.2 Å². The van der Waals surface area contributed by atoms with Gasteiger partial charge in [0.1, 0.15) is 34.7 Å². The van der Waals surface area contributed by atoms with E-state index in [1.54, 1.807) is 54.6 Å². The molecule has 9 heteroatoms. The number of hydrogen-bond acceptors (Lipinski definition) is 6. The van der Waals surface area contributed by atoms with Crippen molar-refractivity contribution < 1.29 is 22.4 Å². The van der Waals surface area contributed by atoms with Crippen molar-refractivity contribution in [2.75, 3.05) is 0 Å². The van der Waals surface area contributed by atoms with Gasteiger partial charge in [-0.15, -0.1) is 0 Å². The fourth-order valence-corrected chi connectivity index (χ4v) is 4.35. The van der Waals surface area contributed by atoms with Crippen molar-refractivity contribution in [3.8, 4) is 22.6 Å². The van der Waals surface area contributed by atoms with Crippen LogP contribution in [-0.2, 0) is 4.79 Å². The van der Waals surface area contributed by atoms with Crippen LogP contribution in [0, 0.1) is 11.6 Å². The van der Waals surface area contributed by atoms with Crippen LogP contribution in [0.25, 0.3) is 28.7 Å². The number of rotatable bonds is 5. The van der Waals surface area contributed by atoms with Gasteiger partial charge in [-0.05, 0) is 85.0 Å². The average molecular weight is 493 g/mol. The molecule has 1 saturated heterocycles. The Morgan fingerprint density at radius 3 is 1.91 bits per heavy atom. The van der Waals surface area contributed by atoms with Crippen LogP contribution < -0.4 is 0 Å². The second-order valence-corrected chi connectivity index (χ2v) is 8.83. The smallest absolute Gasteiger partial charge is 0.286 e. The van der Waals surface area contributed by atoms with E-state index in [1.807, 2.05) is 0 Å². The molecule has 0 atom stereocenters. The third-order valence-electron chi connectivity index (χ3n) is 4.86. The van der Waals surface area contributed by atoms with E-state index in [1.165, 1.54) is 30.5 Å². The standard InChI is InChI=1S/C25H14F2N2O3S2/c26-17-5-1-15(2-6-17)21-11-9-19(31-21)13-23-24(30)29(25(33)34-23)28-14-20-10-12-22(32-20)16-3-7-18(27)8-4-16/h1-14H/b23-13+,28-14-. The summed E-state index contributed by atoms with van der Waals surface area (Å²) in [7, 11) is 0. The van der Waals surface area contributed by atoms with Gasteiger partial charge in [0.2, 0.25) is 0 Å². The molecular weight excluding hydrogens is 478 g/mol. The van der Waals surface area contributed by atoms with Crippen LogP contribution in [0.15, 0.2) is 91.6 Å². The number of benzene rings is 2. The summed E-state index contributed by atoms with van der Waals surface area (Å²) in [6.45, 7) is 0. The molecule has 2 aromatic carbocycles. The minimum Gasteiger partial charge on any atom is -0.457 e. The van der Waals surface area contributed by atoms with Crippen LogP contribution in [0.2, 0.25) is 0 Å². The molecule has 0 bridgehead atoms. The molecule has 0 aliphatic carbocycles. The number of thioether (sulfide) groups is 1. The van der Waals surface area contributed by atoms with Gasteiger partial charge >= 0.3 is 0 Å². The summed E-state index contributed by atoms with van der Waals surface area (Å²) in [6.07, 6.45) is 2.97. The third kappa shape index (κ3) is 4.61. The van der Waals surface area contributed by atoms with Crippen molar-refractivity contribution in [3.05, 3.63) is 101 Å². The summed E-state index contributed by atoms with van der Waals surface area (Å²) >= 11 is 6.40. The van der Waals surface area contributed by atoms with Gasteiger partial charge in [-0.1, -0.05) is 11.8 Å². The van der Waals surface area contributed by atoms with Crippen molar-refractivity contribution in [2.45, 2.75) is 0 Å². The summed E-state index contributed by atoms with van der Waals surface area (Å²) in [5.41, 5.74) is 1.43. The van der Waals surface area contributed by atoms with Crippen LogP contribution >= 0.6 is 24.0 Å². The summed E-state index contributed by atoms with van der Waals surface area (Å²) in [5.74, 6) is 0.903. The zero-order valence-corrected chi connectivity index (χ0v) is 18.9. The molecular formula is C25H14F2N2O3S2. The Hall–Kier alpha value is -3.82. The van der Waals surface area contributed by atoms with Gasteiger partial charge in [0.05, 0.1) is 11.1 Å². The highest BCUT2D eigenvalue weighted by molar-refractivity contribution is 8.26. The zero-order valence-electron chi connectivity index (χ0n) is 17.3. The molecule has 4 aromatic rings. The molecule has 5 nitrogen and oxygen atoms in total. The zero-order chi connectivity index (χ0) is 23.7. The molecule has 168 valence electrons. The van der Waals surface area contributed by atoms with Crippen LogP contribution in [0.4, 0.5) is 8.78 Å². The fourth-order valence-electron chi connectivity index (χ4n) is 3.19. The second-order valence-electron chi connectivity index (χ2n) is 7.16. The highest BCUT2D eigenvalue weighted by Crippen LogP contribution is 2.34. The number of hydrogen-bond donors (Lipinski definition) is 0. The predicted molar refractivity (Wildman–Crippen MR) is 131 cm³/mol. The quantitative estimate of drug-likeness (QED) is 0.176. The first kappa shape index (κ1) is 22.0. The fraction of sp³-hybridized carbons (Fsp3) is 0. The number of hydrazone groups is 1. The van der Waals surface area contributed by atoms with Crippen LogP contribution in [0.1, 0.15) is 11.5 Å². The Bertz CT molecular complexity index is 1440. The second kappa shape index (κ2) is 9.20. The van der Waals surface area contributed by atoms with E-state index in [4.69, 9.17) is 21.1 Å². The van der Waals surface area contributed by atoms with Gasteiger partial charge in [-0.25, -0.2) is 8.78 Å². The lowest BCUT2D eigenvalue weighted by Gasteiger charge is -2.05. The van der Waals surface area contributed by atoms with Crippen molar-refractivity contribution in [1.82, 2.24) is 5.01 Å². The molecule has 0 saturated carbocycles. The maximum Gasteiger partial charge on any atom is 0.286 e. The van der Waals surface area contributed by atoms with Crippen LogP contribution in [-0.4, -0.2) is 21.5 Å². The topological polar surface area (TPSA) is 59.0 Å². The van der Waals surface area contributed by atoms with E-state index >= 15 is 0 Å². The number of amides is 1. The SMILES string of the molecule is O=C1/C(=C\c2ccc(-c3ccc(F)cc3)o2)SC(=S)N1/N=C\c1ccc(-c2ccc(F)cc2)o1. The molecule has 3 heterocycles. The van der Waals surface area contributed by atoms with Gasteiger partial charge in [-0.3, -0.25) is 4.79 Å². The van der Waals surface area contributed by atoms with E-state index in [9.17, 15) is 13.6 Å². The molecule has 1 amide bonds. The summed E-state index contributed by atoms with van der Waals surface area (Å²) in [5, 5.41) is 5.27. The van der Waals surface area contributed by atoms with Gasteiger partial charge < -0.3 is 8.83 Å². The Morgan fingerprint density at radius 2 is 1.32 bits per heavy atom. The summed E-state index contributed by atoms with van der Waals surface area (Å²) in [6, 6.07) is 18.7. The Morgan fingerprint density at radius 1 is 0.794 bits per heavy atom. The molecule has 0 N–H and O–H groups in total. The van der Waals surface area contributed by atoms with Gasteiger partial charge in [0.25, 0.3) is 5.91 Å². The maximum absolute atomic E-state index is 13.1. The lowest BCUT2D eigenvalue weighted by atomic mass is 10.2. The number of halogens is 2. The van der Waals surface area contributed by atoms with E-state index in [0.717, 1.165) is 22.3 Å². The number of carbonyl (C=O) groups excluding carboxylic acids is 1. The van der Waals surface area contributed by atoms with Gasteiger partial charge in [-0.2, -0.15) is 10.1 Å². The number of carbonyl (C=O) groups is 1. The third-order valence-corrected chi connectivity index (χ3v) is 6.14. The molecule has 2 aromatic heterocycles. The highest BCUT2D eigenvalue weighted by Gasteiger charge is 2.32. The minimum atomic E-state index is -0.392. The van der Waals surface area contributed by atoms with Crippen molar-refractivity contribution in [1.29, 1.82) is 0 Å². The summed E-state index contributed by atoms with van der Waals surface area (Å²) < 4.78 is 38.0. The predicted octanol–water partition coefficient (Wildman–Crippen LogP) is 6.72. The van der Waals surface area contributed by atoms with E-state index in [0.29, 0.717) is 33.5 Å². The molecule has 1 aliphatic rings. The number of furan rings is 2. The molecule has 34 heavy (non-hydrogen) atoms. The average Bonchev–Trinajstić information content (AvgIpc) is 3.55. The van der Waals surface area contributed by atoms with Crippen molar-refractivity contribution >= 4 is 46.5 Å². The molecule has 1 fully saturated rings. The molecule has 0 radical (unpaired) electrons. The molecule has 1 aliphatic heterocycles. The normalized spacial score (nSPS) is 15.2. The largest absolute Gasteiger partial charge is 0.457 e. The highest BCUT2D eigenvalue weighted by atomic mass is 32.2. The van der Waals surface area contributed by atoms with Crippen molar-refractivity contribution in [3.63, 3.8) is 0 Å². The molecule has 5 rings (SSSR count). The lowest BCUT2D eigenvalue weighted by Crippen LogP contribution is -2.22. The van der Waals surface area contributed by atoms with Crippen molar-refractivity contribution in [2.24, 2.45) is 5.10 Å². The monoisotopic (exact) mass is 492 g/mol.